The summed E-state index contributed by atoms with van der Waals surface area (Å²) in [7, 11) is 0. The molecule has 0 saturated carbocycles. The summed E-state index contributed by atoms with van der Waals surface area (Å²) in [5, 5.41) is 14.9. The number of benzene rings is 2. The first-order chi connectivity index (χ1) is 13.0. The molecule has 5 nitrogen and oxygen atoms in total. The predicted molar refractivity (Wildman–Crippen MR) is 108 cm³/mol. The van der Waals surface area contributed by atoms with Crippen LogP contribution < -0.4 is 10.6 Å². The normalized spacial score (nSPS) is 11.8. The number of hydrogen-bond acceptors (Lipinski definition) is 6. The van der Waals surface area contributed by atoms with Crippen LogP contribution in [0.15, 0.2) is 52.9 Å². The van der Waals surface area contributed by atoms with Crippen LogP contribution >= 0.6 is 34.7 Å². The first-order valence-corrected chi connectivity index (χ1v) is 10.2. The molecule has 27 heavy (non-hydrogen) atoms. The molecule has 3 aromatic rings. The van der Waals surface area contributed by atoms with Crippen LogP contribution in [0.1, 0.15) is 18.5 Å². The van der Waals surface area contributed by atoms with Gasteiger partial charge in [0.15, 0.2) is 4.34 Å². The van der Waals surface area contributed by atoms with Gasteiger partial charge in [0, 0.05) is 5.02 Å². The van der Waals surface area contributed by atoms with Gasteiger partial charge in [-0.2, -0.15) is 0 Å². The SMILES string of the molecule is CC(NC(=O)CSc1nnc(Nc2ccccc2F)s1)c1ccccc1Cl. The molecule has 0 bridgehead atoms. The third kappa shape index (κ3) is 5.41. The van der Waals surface area contributed by atoms with Gasteiger partial charge in [0.1, 0.15) is 5.82 Å². The van der Waals surface area contributed by atoms with Gasteiger partial charge in [-0.05, 0) is 30.7 Å². The predicted octanol–water partition coefficient (Wildman–Crippen LogP) is 5.04. The molecule has 0 saturated heterocycles. The average molecular weight is 423 g/mol. The summed E-state index contributed by atoms with van der Waals surface area (Å²) in [6, 6.07) is 13.5. The molecule has 9 heteroatoms. The number of rotatable bonds is 7. The Labute approximate surface area is 169 Å². The number of amides is 1. The van der Waals surface area contributed by atoms with Gasteiger partial charge < -0.3 is 10.6 Å². The molecule has 1 heterocycles. The van der Waals surface area contributed by atoms with E-state index < -0.39 is 0 Å². The molecule has 0 aliphatic rings. The second-order valence-electron chi connectivity index (χ2n) is 5.58. The highest BCUT2D eigenvalue weighted by molar-refractivity contribution is 8.01. The fourth-order valence-electron chi connectivity index (χ4n) is 2.31. The molecule has 2 aromatic carbocycles. The van der Waals surface area contributed by atoms with E-state index in [4.69, 9.17) is 11.6 Å². The second-order valence-corrected chi connectivity index (χ2v) is 8.18. The molecule has 1 amide bonds. The highest BCUT2D eigenvalue weighted by Crippen LogP contribution is 2.28. The van der Waals surface area contributed by atoms with Crippen LogP contribution in [0, 0.1) is 5.82 Å². The summed E-state index contributed by atoms with van der Waals surface area (Å²) < 4.78 is 14.3. The van der Waals surface area contributed by atoms with Crippen molar-refractivity contribution in [1.82, 2.24) is 15.5 Å². The molecule has 0 radical (unpaired) electrons. The van der Waals surface area contributed by atoms with Crippen molar-refractivity contribution >= 4 is 51.4 Å². The van der Waals surface area contributed by atoms with Gasteiger partial charge in [0.2, 0.25) is 11.0 Å². The lowest BCUT2D eigenvalue weighted by Gasteiger charge is -2.15. The van der Waals surface area contributed by atoms with E-state index in [1.807, 2.05) is 25.1 Å². The summed E-state index contributed by atoms with van der Waals surface area (Å²) >= 11 is 8.68. The first-order valence-electron chi connectivity index (χ1n) is 8.04. The summed E-state index contributed by atoms with van der Waals surface area (Å²) in [6.07, 6.45) is 0. The Balaban J connectivity index is 1.52. The number of anilines is 2. The summed E-state index contributed by atoms with van der Waals surface area (Å²) in [4.78, 5) is 12.2. The summed E-state index contributed by atoms with van der Waals surface area (Å²) in [5.74, 6) is -0.301. The lowest BCUT2D eigenvalue weighted by molar-refractivity contribution is -0.119. The molecular formula is C18H16ClFN4OS2. The Morgan fingerprint density at radius 3 is 2.74 bits per heavy atom. The number of nitrogens with zero attached hydrogens (tertiary/aromatic N) is 2. The van der Waals surface area contributed by atoms with Crippen molar-refractivity contribution in [2.24, 2.45) is 0 Å². The fraction of sp³-hybridized carbons (Fsp3) is 0.167. The minimum absolute atomic E-state index is 0.133. The largest absolute Gasteiger partial charge is 0.349 e. The Morgan fingerprint density at radius 1 is 1.22 bits per heavy atom. The molecule has 1 atom stereocenters. The number of para-hydroxylation sites is 1. The zero-order valence-corrected chi connectivity index (χ0v) is 16.7. The van der Waals surface area contributed by atoms with E-state index in [9.17, 15) is 9.18 Å². The average Bonchev–Trinajstić information content (AvgIpc) is 3.10. The molecule has 1 aromatic heterocycles. The Kier molecular flexibility index (Phi) is 6.65. The molecule has 0 aliphatic heterocycles. The van der Waals surface area contributed by atoms with Crippen LogP contribution in [0.3, 0.4) is 0 Å². The third-order valence-corrected chi connectivity index (χ3v) is 5.91. The molecule has 0 spiro atoms. The van der Waals surface area contributed by atoms with Crippen LogP contribution in [-0.2, 0) is 4.79 Å². The lowest BCUT2D eigenvalue weighted by atomic mass is 10.1. The Morgan fingerprint density at radius 2 is 1.96 bits per heavy atom. The highest BCUT2D eigenvalue weighted by Gasteiger charge is 2.14. The molecule has 140 valence electrons. The van der Waals surface area contributed by atoms with E-state index in [-0.39, 0.29) is 23.5 Å². The van der Waals surface area contributed by atoms with Crippen LogP contribution in [0.2, 0.25) is 5.02 Å². The maximum absolute atomic E-state index is 13.7. The van der Waals surface area contributed by atoms with Gasteiger partial charge in [0.25, 0.3) is 0 Å². The van der Waals surface area contributed by atoms with Gasteiger partial charge >= 0.3 is 0 Å². The van der Waals surface area contributed by atoms with E-state index in [1.165, 1.54) is 29.2 Å². The van der Waals surface area contributed by atoms with Crippen molar-refractivity contribution in [2.45, 2.75) is 17.3 Å². The quantitative estimate of drug-likeness (QED) is 0.522. The number of carbonyl (C=O) groups excluding carboxylic acids is 1. The Hall–Kier alpha value is -2.16. The van der Waals surface area contributed by atoms with Crippen molar-refractivity contribution in [3.63, 3.8) is 0 Å². The number of halogens is 2. The molecule has 1 unspecified atom stereocenters. The van der Waals surface area contributed by atoms with E-state index in [0.29, 0.717) is 20.2 Å². The van der Waals surface area contributed by atoms with Gasteiger partial charge in [-0.3, -0.25) is 4.79 Å². The van der Waals surface area contributed by atoms with Crippen molar-refractivity contribution in [3.05, 3.63) is 64.9 Å². The third-order valence-electron chi connectivity index (χ3n) is 3.60. The smallest absolute Gasteiger partial charge is 0.230 e. The summed E-state index contributed by atoms with van der Waals surface area (Å²) in [5.41, 5.74) is 1.20. The molecule has 3 rings (SSSR count). The molecule has 0 fully saturated rings. The van der Waals surface area contributed by atoms with Crippen LogP contribution in [-0.4, -0.2) is 21.9 Å². The van der Waals surface area contributed by atoms with E-state index in [0.717, 1.165) is 5.56 Å². The standard InChI is InChI=1S/C18H16ClFN4OS2/c1-11(12-6-2-3-7-13(12)19)21-16(25)10-26-18-24-23-17(27-18)22-15-9-5-4-8-14(15)20/h2-9,11H,10H2,1H3,(H,21,25)(H,22,23). The monoisotopic (exact) mass is 422 g/mol. The number of hydrogen-bond donors (Lipinski definition) is 2. The zero-order chi connectivity index (χ0) is 19.2. The van der Waals surface area contributed by atoms with Crippen molar-refractivity contribution in [1.29, 1.82) is 0 Å². The van der Waals surface area contributed by atoms with Crippen molar-refractivity contribution in [2.75, 3.05) is 11.1 Å². The molecule has 2 N–H and O–H groups in total. The highest BCUT2D eigenvalue weighted by atomic mass is 35.5. The number of carbonyl (C=O) groups is 1. The lowest BCUT2D eigenvalue weighted by Crippen LogP contribution is -2.28. The van der Waals surface area contributed by atoms with E-state index in [2.05, 4.69) is 20.8 Å². The molecular weight excluding hydrogens is 407 g/mol. The minimum Gasteiger partial charge on any atom is -0.349 e. The number of aromatic nitrogens is 2. The van der Waals surface area contributed by atoms with E-state index >= 15 is 0 Å². The maximum atomic E-state index is 13.7. The first kappa shape index (κ1) is 19.6. The number of thioether (sulfide) groups is 1. The van der Waals surface area contributed by atoms with Gasteiger partial charge in [0.05, 0.1) is 17.5 Å². The van der Waals surface area contributed by atoms with Gasteiger partial charge in [-0.1, -0.05) is 65.0 Å². The maximum Gasteiger partial charge on any atom is 0.230 e. The molecule has 0 aliphatic carbocycles. The van der Waals surface area contributed by atoms with Crippen LogP contribution in [0.4, 0.5) is 15.2 Å². The van der Waals surface area contributed by atoms with Crippen LogP contribution in [0.25, 0.3) is 0 Å². The fourth-order valence-corrected chi connectivity index (χ4v) is 4.19. The summed E-state index contributed by atoms with van der Waals surface area (Å²) in [6.45, 7) is 1.88. The van der Waals surface area contributed by atoms with Gasteiger partial charge in [-0.25, -0.2) is 4.39 Å². The second kappa shape index (κ2) is 9.16. The van der Waals surface area contributed by atoms with Gasteiger partial charge in [-0.15, -0.1) is 10.2 Å². The van der Waals surface area contributed by atoms with Crippen LogP contribution in [0.5, 0.6) is 0 Å². The Bertz CT molecular complexity index is 937. The topological polar surface area (TPSA) is 66.9 Å². The van der Waals surface area contributed by atoms with Crippen molar-refractivity contribution in [3.8, 4) is 0 Å². The van der Waals surface area contributed by atoms with Crippen molar-refractivity contribution < 1.29 is 9.18 Å². The van der Waals surface area contributed by atoms with E-state index in [1.54, 1.807) is 24.3 Å². The zero-order valence-electron chi connectivity index (χ0n) is 14.3. The minimum atomic E-state index is -0.366. The number of nitrogens with one attached hydrogen (secondary N) is 2.